The summed E-state index contributed by atoms with van der Waals surface area (Å²) < 4.78 is 0. The van der Waals surface area contributed by atoms with Crippen LogP contribution in [0.2, 0.25) is 0 Å². The minimum Gasteiger partial charge on any atom is -0.350 e. The number of imide groups is 1. The Hall–Kier alpha value is -4.26. The van der Waals surface area contributed by atoms with Gasteiger partial charge in [-0.15, -0.1) is 0 Å². The van der Waals surface area contributed by atoms with Gasteiger partial charge in [-0.1, -0.05) is 29.8 Å². The molecule has 0 bridgehead atoms. The van der Waals surface area contributed by atoms with E-state index in [0.717, 1.165) is 22.3 Å². The molecule has 0 saturated heterocycles. The van der Waals surface area contributed by atoms with Crippen LogP contribution in [0.3, 0.4) is 0 Å². The number of nitro benzene ring substituents is 1. The van der Waals surface area contributed by atoms with E-state index < -0.39 is 16.7 Å². The maximum atomic E-state index is 13.6. The Morgan fingerprint density at radius 1 is 0.788 bits per heavy atom. The highest BCUT2D eigenvalue weighted by atomic mass is 16.6. The summed E-state index contributed by atoms with van der Waals surface area (Å²) in [7, 11) is 0. The zero-order valence-electron chi connectivity index (χ0n) is 18.8. The third-order valence-electron chi connectivity index (χ3n) is 5.70. The molecule has 3 aromatic carbocycles. The topological polar surface area (TPSA) is 92.6 Å². The number of nitrogens with zero attached hydrogens (tertiary/aromatic N) is 2. The summed E-state index contributed by atoms with van der Waals surface area (Å²) in [6, 6.07) is 17.0. The van der Waals surface area contributed by atoms with E-state index in [0.29, 0.717) is 16.9 Å². The van der Waals surface area contributed by atoms with Crippen LogP contribution >= 0.6 is 0 Å². The molecule has 0 atom stereocenters. The van der Waals surface area contributed by atoms with Crippen molar-refractivity contribution in [2.75, 3.05) is 10.2 Å². The Morgan fingerprint density at radius 3 is 2.06 bits per heavy atom. The molecule has 0 unspecified atom stereocenters. The molecule has 3 aromatic rings. The second-order valence-electron chi connectivity index (χ2n) is 8.23. The van der Waals surface area contributed by atoms with Crippen molar-refractivity contribution in [2.24, 2.45) is 0 Å². The van der Waals surface area contributed by atoms with Gasteiger partial charge in [-0.25, -0.2) is 4.90 Å². The molecule has 0 aromatic heterocycles. The van der Waals surface area contributed by atoms with Crippen LogP contribution < -0.4 is 10.2 Å². The van der Waals surface area contributed by atoms with Crippen molar-refractivity contribution in [1.82, 2.24) is 0 Å². The Bertz CT molecular complexity index is 1340. The number of aryl methyl sites for hydroxylation is 4. The van der Waals surface area contributed by atoms with E-state index in [1.165, 1.54) is 29.2 Å². The molecule has 7 nitrogen and oxygen atoms in total. The zero-order valence-corrected chi connectivity index (χ0v) is 18.8. The van der Waals surface area contributed by atoms with Crippen molar-refractivity contribution in [2.45, 2.75) is 27.7 Å². The number of rotatable bonds is 5. The average Bonchev–Trinajstić information content (AvgIpc) is 3.01. The first-order valence-corrected chi connectivity index (χ1v) is 10.5. The van der Waals surface area contributed by atoms with Crippen LogP contribution in [-0.2, 0) is 9.59 Å². The summed E-state index contributed by atoms with van der Waals surface area (Å²) >= 11 is 0. The zero-order chi connectivity index (χ0) is 23.9. The van der Waals surface area contributed by atoms with Gasteiger partial charge in [0, 0.05) is 17.8 Å². The summed E-state index contributed by atoms with van der Waals surface area (Å²) in [5, 5.41) is 14.2. The number of benzene rings is 3. The van der Waals surface area contributed by atoms with E-state index >= 15 is 0 Å². The third-order valence-corrected chi connectivity index (χ3v) is 5.70. The van der Waals surface area contributed by atoms with E-state index in [1.54, 1.807) is 6.07 Å². The molecular formula is C26H23N3O4. The molecule has 4 rings (SSSR count). The van der Waals surface area contributed by atoms with Crippen molar-refractivity contribution in [3.8, 4) is 0 Å². The van der Waals surface area contributed by atoms with Gasteiger partial charge in [-0.3, -0.25) is 19.7 Å². The van der Waals surface area contributed by atoms with Crippen LogP contribution in [0.5, 0.6) is 0 Å². The van der Waals surface area contributed by atoms with Crippen LogP contribution in [-0.4, -0.2) is 16.7 Å². The average molecular weight is 441 g/mol. The molecule has 0 saturated carbocycles. The fourth-order valence-electron chi connectivity index (χ4n) is 3.93. The Morgan fingerprint density at radius 2 is 1.42 bits per heavy atom. The number of nitro groups is 1. The first kappa shape index (κ1) is 22.0. The SMILES string of the molecule is Cc1ccc(NC2=C(c3ccc([N+](=O)[O-])cc3)C(=O)N(c3cc(C)ccc3C)C2=O)c(C)c1. The molecule has 1 aliphatic rings. The van der Waals surface area contributed by atoms with Gasteiger partial charge >= 0.3 is 0 Å². The number of amides is 2. The van der Waals surface area contributed by atoms with E-state index in [2.05, 4.69) is 5.32 Å². The van der Waals surface area contributed by atoms with Crippen molar-refractivity contribution < 1.29 is 14.5 Å². The van der Waals surface area contributed by atoms with Gasteiger partial charge in [-0.05, 0) is 74.2 Å². The van der Waals surface area contributed by atoms with Crippen molar-refractivity contribution in [1.29, 1.82) is 0 Å². The lowest BCUT2D eigenvalue weighted by Crippen LogP contribution is -2.33. The van der Waals surface area contributed by atoms with Crippen molar-refractivity contribution in [3.63, 3.8) is 0 Å². The lowest BCUT2D eigenvalue weighted by Gasteiger charge is -2.18. The Balaban J connectivity index is 1.86. The minimum absolute atomic E-state index is 0.0913. The second kappa shape index (κ2) is 8.35. The summed E-state index contributed by atoms with van der Waals surface area (Å²) in [6.45, 7) is 7.64. The van der Waals surface area contributed by atoms with Crippen LogP contribution in [0.4, 0.5) is 17.1 Å². The van der Waals surface area contributed by atoms with Gasteiger partial charge in [0.05, 0.1) is 16.2 Å². The lowest BCUT2D eigenvalue weighted by atomic mass is 10.0. The first-order chi connectivity index (χ1) is 15.7. The molecule has 0 radical (unpaired) electrons. The van der Waals surface area contributed by atoms with Gasteiger partial charge < -0.3 is 5.32 Å². The highest BCUT2D eigenvalue weighted by Gasteiger charge is 2.41. The number of hydrogen-bond donors (Lipinski definition) is 1. The van der Waals surface area contributed by atoms with Crippen LogP contribution in [0.15, 0.2) is 66.4 Å². The number of carbonyl (C=O) groups is 2. The molecule has 166 valence electrons. The number of non-ortho nitro benzene ring substituents is 1. The quantitative estimate of drug-likeness (QED) is 0.333. The van der Waals surface area contributed by atoms with Crippen molar-refractivity contribution in [3.05, 3.63) is 104 Å². The molecule has 1 aliphatic heterocycles. The number of hydrogen-bond acceptors (Lipinski definition) is 5. The summed E-state index contributed by atoms with van der Waals surface area (Å²) in [5.74, 6) is -0.947. The maximum absolute atomic E-state index is 13.6. The van der Waals surface area contributed by atoms with Crippen LogP contribution in [0.1, 0.15) is 27.8 Å². The molecule has 0 fully saturated rings. The van der Waals surface area contributed by atoms with Gasteiger partial charge in [0.25, 0.3) is 17.5 Å². The molecular weight excluding hydrogens is 418 g/mol. The standard InChI is InChI=1S/C26H23N3O4/c1-15-6-12-21(18(4)13-15)27-24-23(19-8-10-20(11-9-19)29(32)33)25(30)28(26(24)31)22-14-16(2)5-7-17(22)3/h5-14,27H,1-4H3. The first-order valence-electron chi connectivity index (χ1n) is 10.5. The fraction of sp³-hybridized carbons (Fsp3) is 0.154. The van der Waals surface area contributed by atoms with Crippen LogP contribution in [0, 0.1) is 37.8 Å². The monoisotopic (exact) mass is 441 g/mol. The van der Waals surface area contributed by atoms with Gasteiger partial charge in [0.1, 0.15) is 5.70 Å². The summed E-state index contributed by atoms with van der Waals surface area (Å²) in [6.07, 6.45) is 0. The highest BCUT2D eigenvalue weighted by molar-refractivity contribution is 6.46. The molecule has 1 N–H and O–H groups in total. The smallest absolute Gasteiger partial charge is 0.282 e. The fourth-order valence-corrected chi connectivity index (χ4v) is 3.93. The normalized spacial score (nSPS) is 13.6. The predicted molar refractivity (Wildman–Crippen MR) is 128 cm³/mol. The Kier molecular flexibility index (Phi) is 5.55. The van der Waals surface area contributed by atoms with Crippen molar-refractivity contribution >= 4 is 34.4 Å². The van der Waals surface area contributed by atoms with E-state index in [1.807, 2.05) is 58.0 Å². The number of nitrogens with one attached hydrogen (secondary N) is 1. The van der Waals surface area contributed by atoms with Crippen LogP contribution in [0.25, 0.3) is 5.57 Å². The molecule has 0 aliphatic carbocycles. The molecule has 0 spiro atoms. The molecule has 33 heavy (non-hydrogen) atoms. The largest absolute Gasteiger partial charge is 0.350 e. The molecule has 1 heterocycles. The van der Waals surface area contributed by atoms with Gasteiger partial charge in [-0.2, -0.15) is 0 Å². The Labute approximate surface area is 191 Å². The van der Waals surface area contributed by atoms with E-state index in [9.17, 15) is 19.7 Å². The predicted octanol–water partition coefficient (Wildman–Crippen LogP) is 5.23. The summed E-state index contributed by atoms with van der Waals surface area (Å²) in [5.41, 5.74) is 5.59. The third kappa shape index (κ3) is 4.01. The highest BCUT2D eigenvalue weighted by Crippen LogP contribution is 2.36. The lowest BCUT2D eigenvalue weighted by molar-refractivity contribution is -0.384. The number of carbonyl (C=O) groups excluding carboxylic acids is 2. The van der Waals surface area contributed by atoms with Gasteiger partial charge in [0.2, 0.25) is 0 Å². The summed E-state index contributed by atoms with van der Waals surface area (Å²) in [4.78, 5) is 39.0. The maximum Gasteiger partial charge on any atom is 0.282 e. The van der Waals surface area contributed by atoms with E-state index in [-0.39, 0.29) is 17.0 Å². The number of anilines is 2. The second-order valence-corrected chi connectivity index (χ2v) is 8.23. The minimum atomic E-state index is -0.503. The van der Waals surface area contributed by atoms with Gasteiger partial charge in [0.15, 0.2) is 0 Å². The molecule has 7 heteroatoms. The van der Waals surface area contributed by atoms with E-state index in [4.69, 9.17) is 0 Å². The molecule has 2 amide bonds.